The first-order valence-corrected chi connectivity index (χ1v) is 10.6. The summed E-state index contributed by atoms with van der Waals surface area (Å²) in [4.78, 5) is 37.8. The lowest BCUT2D eigenvalue weighted by Gasteiger charge is -2.24. The Kier molecular flexibility index (Phi) is 6.86. The number of aromatic amines is 1. The number of nitrogens with zero attached hydrogens (tertiary/aromatic N) is 5. The summed E-state index contributed by atoms with van der Waals surface area (Å²) in [6.07, 6.45) is 1.40. The van der Waals surface area contributed by atoms with E-state index in [0.717, 1.165) is 11.3 Å². The molecule has 2 aromatic heterocycles. The molecular formula is C23H26N6O3. The van der Waals surface area contributed by atoms with Crippen LogP contribution in [-0.4, -0.2) is 67.5 Å². The van der Waals surface area contributed by atoms with Gasteiger partial charge in [0, 0.05) is 25.8 Å². The number of hydrogen-bond donors (Lipinski definition) is 1. The summed E-state index contributed by atoms with van der Waals surface area (Å²) in [6, 6.07) is 15.4. The van der Waals surface area contributed by atoms with Crippen LogP contribution in [0.5, 0.6) is 0 Å². The Morgan fingerprint density at radius 3 is 2.69 bits per heavy atom. The monoisotopic (exact) mass is 434 g/mol. The molecule has 0 bridgehead atoms. The fourth-order valence-electron chi connectivity index (χ4n) is 3.63. The van der Waals surface area contributed by atoms with E-state index in [1.807, 2.05) is 48.5 Å². The maximum Gasteiger partial charge on any atom is 0.242 e. The number of rotatable bonds is 7. The topological polar surface area (TPSA) is 104 Å². The van der Waals surface area contributed by atoms with E-state index in [1.165, 1.54) is 0 Å². The zero-order valence-corrected chi connectivity index (χ0v) is 18.0. The van der Waals surface area contributed by atoms with E-state index in [2.05, 4.69) is 20.2 Å². The Morgan fingerprint density at radius 1 is 1.16 bits per heavy atom. The molecule has 1 aromatic carbocycles. The molecule has 1 N–H and O–H groups in total. The minimum atomic E-state index is -0.343. The normalized spacial score (nSPS) is 16.8. The molecule has 0 saturated carbocycles. The second-order valence-corrected chi connectivity index (χ2v) is 7.80. The molecule has 0 unspecified atom stereocenters. The van der Waals surface area contributed by atoms with Gasteiger partial charge in [-0.25, -0.2) is 4.98 Å². The highest BCUT2D eigenvalue weighted by molar-refractivity contribution is 5.86. The van der Waals surface area contributed by atoms with Crippen LogP contribution < -0.4 is 0 Å². The average molecular weight is 435 g/mol. The molecule has 0 spiro atoms. The van der Waals surface area contributed by atoms with Gasteiger partial charge in [-0.1, -0.05) is 36.4 Å². The van der Waals surface area contributed by atoms with E-state index in [1.54, 1.807) is 22.9 Å². The highest BCUT2D eigenvalue weighted by atomic mass is 16.5. The Balaban J connectivity index is 1.48. The number of aromatic nitrogens is 4. The molecular weight excluding hydrogens is 408 g/mol. The zero-order valence-electron chi connectivity index (χ0n) is 18.0. The van der Waals surface area contributed by atoms with Crippen molar-refractivity contribution in [2.45, 2.75) is 32.6 Å². The van der Waals surface area contributed by atoms with Crippen molar-refractivity contribution in [1.29, 1.82) is 0 Å². The number of hydrogen-bond acceptors (Lipinski definition) is 6. The van der Waals surface area contributed by atoms with Crippen molar-refractivity contribution in [2.24, 2.45) is 0 Å². The van der Waals surface area contributed by atoms with Crippen molar-refractivity contribution >= 4 is 11.8 Å². The van der Waals surface area contributed by atoms with E-state index in [-0.39, 0.29) is 30.9 Å². The smallest absolute Gasteiger partial charge is 0.242 e. The molecule has 2 amide bonds. The predicted octanol–water partition coefficient (Wildman–Crippen LogP) is 1.51. The van der Waals surface area contributed by atoms with Crippen molar-refractivity contribution in [2.75, 3.05) is 19.6 Å². The highest BCUT2D eigenvalue weighted by Crippen LogP contribution is 2.15. The minimum Gasteiger partial charge on any atom is -0.368 e. The summed E-state index contributed by atoms with van der Waals surface area (Å²) in [7, 11) is 0. The number of ether oxygens (including phenoxy) is 1. The molecule has 3 aromatic rings. The fourth-order valence-corrected chi connectivity index (χ4v) is 3.63. The third kappa shape index (κ3) is 5.76. The summed E-state index contributed by atoms with van der Waals surface area (Å²) in [5.41, 5.74) is 1.83. The molecule has 9 nitrogen and oxygen atoms in total. The van der Waals surface area contributed by atoms with Crippen LogP contribution in [0.2, 0.25) is 0 Å². The van der Waals surface area contributed by atoms with Gasteiger partial charge >= 0.3 is 0 Å². The van der Waals surface area contributed by atoms with Crippen molar-refractivity contribution in [1.82, 2.24) is 30.0 Å². The molecule has 9 heteroatoms. The summed E-state index contributed by atoms with van der Waals surface area (Å²) in [5, 5.41) is 6.78. The SMILES string of the molecule is Cc1nc(CC(=O)N2CC(=O)N(Cc3ccccc3)C[C@H](OCc3ccccn3)C2)n[nH]1. The number of carbonyl (C=O) groups is 2. The first-order chi connectivity index (χ1) is 15.6. The van der Waals surface area contributed by atoms with Crippen LogP contribution in [0.4, 0.5) is 0 Å². The van der Waals surface area contributed by atoms with Crippen molar-refractivity contribution < 1.29 is 14.3 Å². The lowest BCUT2D eigenvalue weighted by molar-refractivity contribution is -0.138. The van der Waals surface area contributed by atoms with Gasteiger partial charge in [-0.2, -0.15) is 5.10 Å². The first-order valence-electron chi connectivity index (χ1n) is 10.6. The number of carbonyl (C=O) groups excluding carboxylic acids is 2. The second-order valence-electron chi connectivity index (χ2n) is 7.80. The van der Waals surface area contributed by atoms with Crippen molar-refractivity contribution in [3.8, 4) is 0 Å². The molecule has 3 heterocycles. The quantitative estimate of drug-likeness (QED) is 0.604. The number of amides is 2. The maximum atomic E-state index is 13.0. The summed E-state index contributed by atoms with van der Waals surface area (Å²) >= 11 is 0. The lowest BCUT2D eigenvalue weighted by Crippen LogP contribution is -2.40. The summed E-state index contributed by atoms with van der Waals surface area (Å²) < 4.78 is 6.11. The minimum absolute atomic E-state index is 0.00147. The van der Waals surface area contributed by atoms with Crippen molar-refractivity contribution in [3.05, 3.63) is 77.6 Å². The molecule has 1 fully saturated rings. The Morgan fingerprint density at radius 2 is 1.97 bits per heavy atom. The first kappa shape index (κ1) is 21.6. The molecule has 0 radical (unpaired) electrons. The largest absolute Gasteiger partial charge is 0.368 e. The van der Waals surface area contributed by atoms with Crippen LogP contribution in [0.15, 0.2) is 54.7 Å². The van der Waals surface area contributed by atoms with Gasteiger partial charge in [0.15, 0.2) is 5.82 Å². The van der Waals surface area contributed by atoms with Gasteiger partial charge < -0.3 is 14.5 Å². The summed E-state index contributed by atoms with van der Waals surface area (Å²) in [5.74, 6) is 0.740. The molecule has 1 saturated heterocycles. The number of pyridine rings is 1. The van der Waals surface area contributed by atoms with Gasteiger partial charge in [0.25, 0.3) is 0 Å². The Hall–Kier alpha value is -3.59. The molecule has 1 aliphatic rings. The standard InChI is InChI=1S/C23H26N6O3/c1-17-25-21(27-26-17)11-22(30)29-14-20(32-16-19-9-5-6-10-24-19)13-28(23(31)15-29)12-18-7-3-2-4-8-18/h2-10,20H,11-16H2,1H3,(H,25,26,27)/t20-/m0/s1. The third-order valence-electron chi connectivity index (χ3n) is 5.24. The van der Waals surface area contributed by atoms with Crippen LogP contribution >= 0.6 is 0 Å². The third-order valence-corrected chi connectivity index (χ3v) is 5.24. The van der Waals surface area contributed by atoms with E-state index >= 15 is 0 Å². The number of H-pyrrole nitrogens is 1. The average Bonchev–Trinajstić information content (AvgIpc) is 3.14. The Bertz CT molecular complexity index is 1040. The number of aryl methyl sites for hydroxylation is 1. The molecule has 4 rings (SSSR count). The summed E-state index contributed by atoms with van der Waals surface area (Å²) in [6.45, 7) is 3.25. The zero-order chi connectivity index (χ0) is 22.3. The van der Waals surface area contributed by atoms with Gasteiger partial charge in [0.05, 0.1) is 31.4 Å². The van der Waals surface area contributed by atoms with Crippen molar-refractivity contribution in [3.63, 3.8) is 0 Å². The van der Waals surface area contributed by atoms with Crippen LogP contribution in [0.25, 0.3) is 0 Å². The molecule has 1 aliphatic heterocycles. The van der Waals surface area contributed by atoms with Gasteiger partial charge in [-0.05, 0) is 24.6 Å². The molecule has 32 heavy (non-hydrogen) atoms. The van der Waals surface area contributed by atoms with Gasteiger partial charge in [0.1, 0.15) is 5.82 Å². The van der Waals surface area contributed by atoms with Crippen LogP contribution in [0.3, 0.4) is 0 Å². The highest BCUT2D eigenvalue weighted by Gasteiger charge is 2.31. The number of nitrogens with one attached hydrogen (secondary N) is 1. The van der Waals surface area contributed by atoms with E-state index in [9.17, 15) is 9.59 Å². The predicted molar refractivity (Wildman–Crippen MR) is 116 cm³/mol. The second kappa shape index (κ2) is 10.1. The van der Waals surface area contributed by atoms with Crippen LogP contribution in [-0.2, 0) is 33.9 Å². The van der Waals surface area contributed by atoms with Gasteiger partial charge in [-0.3, -0.25) is 19.7 Å². The number of benzene rings is 1. The maximum absolute atomic E-state index is 13.0. The van der Waals surface area contributed by atoms with Crippen LogP contribution in [0.1, 0.15) is 22.9 Å². The fraction of sp³-hybridized carbons (Fsp3) is 0.348. The Labute approximate surface area is 186 Å². The molecule has 1 atom stereocenters. The van der Waals surface area contributed by atoms with Gasteiger partial charge in [-0.15, -0.1) is 0 Å². The van der Waals surface area contributed by atoms with Gasteiger partial charge in [0.2, 0.25) is 11.8 Å². The molecule has 166 valence electrons. The van der Waals surface area contributed by atoms with E-state index in [0.29, 0.717) is 37.9 Å². The van der Waals surface area contributed by atoms with E-state index in [4.69, 9.17) is 4.74 Å². The molecule has 0 aliphatic carbocycles. The lowest BCUT2D eigenvalue weighted by atomic mass is 10.2. The van der Waals surface area contributed by atoms with E-state index < -0.39 is 0 Å². The van der Waals surface area contributed by atoms with Crippen LogP contribution in [0, 0.1) is 6.92 Å².